The summed E-state index contributed by atoms with van der Waals surface area (Å²) in [6, 6.07) is 4.55. The van der Waals surface area contributed by atoms with E-state index in [9.17, 15) is 30.5 Å². The van der Waals surface area contributed by atoms with E-state index < -0.39 is 41.9 Å². The Hall–Kier alpha value is -2.96. The number of benzene rings is 1. The number of aliphatic hydroxyl groups is 3. The number of fused-ring (bicyclic) bond motifs is 1. The monoisotopic (exact) mass is 526 g/mol. The Kier molecular flexibility index (Phi) is 6.41. The lowest BCUT2D eigenvalue weighted by molar-refractivity contribution is -0.991. The number of ether oxygens (including phenoxy) is 1. The molecule has 0 bridgehead atoms. The van der Waals surface area contributed by atoms with Crippen molar-refractivity contribution in [1.82, 2.24) is 19.5 Å². The number of quaternary nitrogens is 1. The van der Waals surface area contributed by atoms with Crippen LogP contribution in [0.4, 0.5) is 17.6 Å². The van der Waals surface area contributed by atoms with E-state index in [-0.39, 0.29) is 28.7 Å². The zero-order valence-electron chi connectivity index (χ0n) is 16.6. The number of hydrogen-bond acceptors (Lipinski definition) is 12. The Bertz CT molecular complexity index is 1260. The summed E-state index contributed by atoms with van der Waals surface area (Å²) < 4.78 is 7.13. The molecule has 0 spiro atoms. The highest BCUT2D eigenvalue weighted by Gasteiger charge is 2.45. The predicted molar refractivity (Wildman–Crippen MR) is 117 cm³/mol. The van der Waals surface area contributed by atoms with Crippen LogP contribution in [0.15, 0.2) is 32.6 Å². The molecule has 176 valence electrons. The van der Waals surface area contributed by atoms with Crippen molar-refractivity contribution in [2.75, 3.05) is 17.8 Å². The SMILES string of the molecule is Nc1nc2c(nc(N/N=C\c3ccc(Br)c([NH+]([O-])O)c3)n2[C@@H]2O[C@H](CO)[C@@H](O)[C@H]2O)c(=O)[nH]1. The van der Waals surface area contributed by atoms with Gasteiger partial charge in [-0.05, 0) is 22.0 Å². The van der Waals surface area contributed by atoms with E-state index in [0.717, 1.165) is 0 Å². The maximum absolute atomic E-state index is 12.3. The standard InChI is InChI=1S/C17H19BrN8O7/c18-7-2-1-6(3-8(7)26(31)32)4-20-24-17-21-10-13(22-16(19)23-14(10)30)25(17)15-12(29)11(28)9(5-27)33-15/h1-4,9,11-12,15,26-29,31H,5H2,(H,21,24)(H3,19,22,23,30)/b20-4-/t9-,11-,12-,15-/m1/s1. The number of nitrogens with two attached hydrogens (primary N) is 1. The van der Waals surface area contributed by atoms with Gasteiger partial charge >= 0.3 is 0 Å². The van der Waals surface area contributed by atoms with E-state index in [4.69, 9.17) is 10.5 Å². The smallest absolute Gasteiger partial charge is 0.280 e. The van der Waals surface area contributed by atoms with Crippen LogP contribution < -0.4 is 21.9 Å². The number of rotatable bonds is 6. The number of H-pyrrole nitrogens is 1. The number of nitrogens with one attached hydrogen (secondary N) is 3. The molecule has 2 aromatic heterocycles. The molecular formula is C17H19BrN8O7. The average Bonchev–Trinajstić information content (AvgIpc) is 3.26. The first-order chi connectivity index (χ1) is 15.7. The highest BCUT2D eigenvalue weighted by Crippen LogP contribution is 2.34. The zero-order chi connectivity index (χ0) is 23.9. The summed E-state index contributed by atoms with van der Waals surface area (Å²) in [6.07, 6.45) is -3.96. The number of halogens is 1. The molecular weight excluding hydrogens is 508 g/mol. The van der Waals surface area contributed by atoms with Crippen LogP contribution in [0.1, 0.15) is 11.8 Å². The van der Waals surface area contributed by atoms with Gasteiger partial charge < -0.3 is 31.0 Å². The molecule has 1 aromatic carbocycles. The summed E-state index contributed by atoms with van der Waals surface area (Å²) in [4.78, 5) is 22.8. The van der Waals surface area contributed by atoms with Gasteiger partial charge in [0, 0.05) is 11.6 Å². The van der Waals surface area contributed by atoms with Gasteiger partial charge in [0.25, 0.3) is 5.56 Å². The number of anilines is 2. The molecule has 1 saturated heterocycles. The Morgan fingerprint density at radius 1 is 1.39 bits per heavy atom. The second-order valence-electron chi connectivity index (χ2n) is 7.07. The maximum atomic E-state index is 12.3. The van der Waals surface area contributed by atoms with Crippen LogP contribution in [0, 0.1) is 5.21 Å². The third-order valence-corrected chi connectivity index (χ3v) is 5.63. The Morgan fingerprint density at radius 2 is 2.15 bits per heavy atom. The van der Waals surface area contributed by atoms with Crippen LogP contribution in [-0.4, -0.2) is 71.2 Å². The van der Waals surface area contributed by atoms with Crippen LogP contribution in [0.25, 0.3) is 11.2 Å². The normalized spacial score (nSPS) is 24.1. The first-order valence-corrected chi connectivity index (χ1v) is 10.2. The average molecular weight is 527 g/mol. The van der Waals surface area contributed by atoms with Crippen molar-refractivity contribution >= 4 is 50.9 Å². The van der Waals surface area contributed by atoms with E-state index in [1.54, 1.807) is 12.1 Å². The lowest BCUT2D eigenvalue weighted by Crippen LogP contribution is -2.99. The van der Waals surface area contributed by atoms with Crippen molar-refractivity contribution in [1.29, 1.82) is 0 Å². The van der Waals surface area contributed by atoms with Crippen LogP contribution in [0.2, 0.25) is 0 Å². The molecule has 3 heterocycles. The number of hydrogen-bond donors (Lipinski definition) is 8. The Morgan fingerprint density at radius 3 is 2.82 bits per heavy atom. The van der Waals surface area contributed by atoms with Crippen molar-refractivity contribution in [2.24, 2.45) is 5.10 Å². The predicted octanol–water partition coefficient (Wildman–Crippen LogP) is -2.07. The molecule has 16 heteroatoms. The molecule has 3 aromatic rings. The molecule has 1 aliphatic heterocycles. The number of nitrogens with zero attached hydrogens (tertiary/aromatic N) is 4. The Balaban J connectivity index is 1.73. The van der Waals surface area contributed by atoms with Crippen LogP contribution in [-0.2, 0) is 4.74 Å². The molecule has 1 fully saturated rings. The number of aromatic nitrogens is 4. The quantitative estimate of drug-likeness (QED) is 0.128. The molecule has 0 saturated carbocycles. The molecule has 1 aliphatic rings. The molecule has 0 radical (unpaired) electrons. The first kappa shape index (κ1) is 23.2. The number of hydrazone groups is 1. The molecule has 15 nitrogen and oxygen atoms in total. The van der Waals surface area contributed by atoms with Crippen LogP contribution in [0.5, 0.6) is 0 Å². The van der Waals surface area contributed by atoms with Gasteiger partial charge in [-0.2, -0.15) is 15.3 Å². The van der Waals surface area contributed by atoms with Crippen molar-refractivity contribution in [2.45, 2.75) is 24.5 Å². The third-order valence-electron chi connectivity index (χ3n) is 4.94. The number of imidazole rings is 1. The van der Waals surface area contributed by atoms with Crippen molar-refractivity contribution < 1.29 is 30.5 Å². The number of aromatic amines is 1. The summed E-state index contributed by atoms with van der Waals surface area (Å²) in [6.45, 7) is -0.562. The van der Waals surface area contributed by atoms with Gasteiger partial charge in [0.1, 0.15) is 18.3 Å². The maximum Gasteiger partial charge on any atom is 0.280 e. The second-order valence-corrected chi connectivity index (χ2v) is 7.93. The topological polar surface area (TPSA) is 232 Å². The third kappa shape index (κ3) is 4.33. The van der Waals surface area contributed by atoms with Crippen molar-refractivity contribution in [3.05, 3.63) is 43.8 Å². The molecule has 0 amide bonds. The number of aliphatic hydroxyl groups excluding tert-OH is 3. The zero-order valence-corrected chi connectivity index (χ0v) is 18.2. The summed E-state index contributed by atoms with van der Waals surface area (Å²) in [5.41, 5.74) is 7.86. The highest BCUT2D eigenvalue weighted by atomic mass is 79.9. The Labute approximate surface area is 192 Å². The lowest BCUT2D eigenvalue weighted by Gasteiger charge is -2.18. The second kappa shape index (κ2) is 9.12. The summed E-state index contributed by atoms with van der Waals surface area (Å²) in [5, 5.41) is 53.4. The minimum Gasteiger partial charge on any atom is -0.595 e. The van der Waals surface area contributed by atoms with Gasteiger partial charge in [-0.25, -0.2) is 15.6 Å². The van der Waals surface area contributed by atoms with E-state index in [2.05, 4.69) is 41.4 Å². The van der Waals surface area contributed by atoms with Gasteiger partial charge in [-0.15, -0.1) is 0 Å². The summed E-state index contributed by atoms with van der Waals surface area (Å²) in [7, 11) is 0. The van der Waals surface area contributed by atoms with Gasteiger partial charge in [0.15, 0.2) is 23.1 Å². The molecule has 0 aliphatic carbocycles. The fraction of sp³-hybridized carbons (Fsp3) is 0.294. The minimum atomic E-state index is -1.49. The summed E-state index contributed by atoms with van der Waals surface area (Å²) >= 11 is 3.16. The van der Waals surface area contributed by atoms with Crippen molar-refractivity contribution in [3.63, 3.8) is 0 Å². The van der Waals surface area contributed by atoms with Crippen LogP contribution in [0.3, 0.4) is 0 Å². The van der Waals surface area contributed by atoms with Gasteiger partial charge in [-0.1, -0.05) is 6.07 Å². The van der Waals surface area contributed by atoms with Crippen LogP contribution >= 0.6 is 15.9 Å². The molecule has 5 atom stereocenters. The minimum absolute atomic E-state index is 0.0314. The molecule has 4 rings (SSSR count). The van der Waals surface area contributed by atoms with E-state index in [1.165, 1.54) is 16.8 Å². The fourth-order valence-electron chi connectivity index (χ4n) is 3.37. The molecule has 1 unspecified atom stereocenters. The molecule has 33 heavy (non-hydrogen) atoms. The van der Waals surface area contributed by atoms with Gasteiger partial charge in [-0.3, -0.25) is 14.3 Å². The molecule has 9 N–H and O–H groups in total. The van der Waals surface area contributed by atoms with Crippen molar-refractivity contribution in [3.8, 4) is 0 Å². The summed E-state index contributed by atoms with van der Waals surface area (Å²) in [5.74, 6) is -0.304. The van der Waals surface area contributed by atoms with Gasteiger partial charge in [0.05, 0.1) is 17.3 Å². The number of nitrogen functional groups attached to an aromatic ring is 1. The first-order valence-electron chi connectivity index (χ1n) is 9.43. The lowest BCUT2D eigenvalue weighted by atomic mass is 10.1. The van der Waals surface area contributed by atoms with E-state index >= 15 is 0 Å². The fourth-order valence-corrected chi connectivity index (χ4v) is 3.78. The van der Waals surface area contributed by atoms with Gasteiger partial charge in [0.2, 0.25) is 11.9 Å². The largest absolute Gasteiger partial charge is 0.595 e. The van der Waals surface area contributed by atoms with E-state index in [0.29, 0.717) is 10.0 Å². The van der Waals surface area contributed by atoms with E-state index in [1.807, 2.05) is 0 Å². The highest BCUT2D eigenvalue weighted by molar-refractivity contribution is 9.10.